The lowest BCUT2D eigenvalue weighted by Crippen LogP contribution is -2.48. The summed E-state index contributed by atoms with van der Waals surface area (Å²) in [5.74, 6) is 0.575. The van der Waals surface area contributed by atoms with Gasteiger partial charge in [-0.2, -0.15) is 0 Å². The summed E-state index contributed by atoms with van der Waals surface area (Å²) < 4.78 is 5.55. The fourth-order valence-corrected chi connectivity index (χ4v) is 5.33. The maximum absolute atomic E-state index is 13.7. The molecule has 0 unspecified atom stereocenters. The summed E-state index contributed by atoms with van der Waals surface area (Å²) in [6.07, 6.45) is 3.07. The van der Waals surface area contributed by atoms with Gasteiger partial charge in [0.1, 0.15) is 16.5 Å². The SMILES string of the molecule is COC(=O)N[C@H]1CCc2cccc3c2N(C1=O)[C@H](c1nc2ccc(-c4ccc(Br)nc4)cc2[nH]1)C3. The molecule has 0 saturated carbocycles. The minimum absolute atomic E-state index is 0.147. The van der Waals surface area contributed by atoms with Crippen molar-refractivity contribution in [2.24, 2.45) is 0 Å². The number of H-pyrrole nitrogens is 1. The first kappa shape index (κ1) is 21.8. The molecule has 0 saturated heterocycles. The largest absolute Gasteiger partial charge is 0.453 e. The molecule has 4 heterocycles. The zero-order valence-corrected chi connectivity index (χ0v) is 20.5. The number of para-hydroxylation sites is 1. The second-order valence-electron chi connectivity index (χ2n) is 8.80. The van der Waals surface area contributed by atoms with E-state index in [0.717, 1.165) is 49.4 Å². The van der Waals surface area contributed by atoms with E-state index in [1.807, 2.05) is 41.4 Å². The van der Waals surface area contributed by atoms with Crippen molar-refractivity contribution in [3.05, 3.63) is 76.3 Å². The van der Waals surface area contributed by atoms with Crippen LogP contribution in [0.15, 0.2) is 59.3 Å². The molecule has 0 bridgehead atoms. The average Bonchev–Trinajstić information content (AvgIpc) is 3.44. The zero-order chi connectivity index (χ0) is 24.1. The third-order valence-electron chi connectivity index (χ3n) is 6.76. The van der Waals surface area contributed by atoms with E-state index in [0.29, 0.717) is 19.3 Å². The topological polar surface area (TPSA) is 100 Å². The van der Waals surface area contributed by atoms with Crippen molar-refractivity contribution in [3.63, 3.8) is 0 Å². The maximum Gasteiger partial charge on any atom is 0.407 e. The van der Waals surface area contributed by atoms with Crippen LogP contribution in [0.3, 0.4) is 0 Å². The van der Waals surface area contributed by atoms with Gasteiger partial charge in [-0.1, -0.05) is 30.3 Å². The summed E-state index contributed by atoms with van der Waals surface area (Å²) in [5, 5.41) is 2.72. The van der Waals surface area contributed by atoms with Crippen molar-refractivity contribution in [2.75, 3.05) is 12.0 Å². The summed E-state index contributed by atoms with van der Waals surface area (Å²) in [6, 6.07) is 15.2. The second-order valence-corrected chi connectivity index (χ2v) is 9.62. The summed E-state index contributed by atoms with van der Waals surface area (Å²) in [4.78, 5) is 40.1. The number of benzene rings is 2. The first-order chi connectivity index (χ1) is 17.0. The number of carbonyl (C=O) groups is 2. The number of aromatic nitrogens is 3. The summed E-state index contributed by atoms with van der Waals surface area (Å²) in [5.41, 5.74) is 6.91. The van der Waals surface area contributed by atoms with Crippen LogP contribution >= 0.6 is 15.9 Å². The number of hydrogen-bond donors (Lipinski definition) is 2. The Balaban J connectivity index is 1.39. The number of ether oxygens (including phenoxy) is 1. The minimum atomic E-state index is -0.663. The van der Waals surface area contributed by atoms with Gasteiger partial charge >= 0.3 is 6.09 Å². The fourth-order valence-electron chi connectivity index (χ4n) is 5.10. The molecule has 0 aliphatic carbocycles. The highest BCUT2D eigenvalue weighted by molar-refractivity contribution is 9.10. The Hall–Kier alpha value is -3.72. The van der Waals surface area contributed by atoms with Crippen LogP contribution in [-0.2, 0) is 22.4 Å². The van der Waals surface area contributed by atoms with Gasteiger partial charge in [0.15, 0.2) is 0 Å². The predicted octanol–water partition coefficient (Wildman–Crippen LogP) is 4.69. The molecule has 176 valence electrons. The third-order valence-corrected chi connectivity index (χ3v) is 7.23. The number of amides is 2. The van der Waals surface area contributed by atoms with Gasteiger partial charge in [0.25, 0.3) is 0 Å². The second kappa shape index (κ2) is 8.49. The summed E-state index contributed by atoms with van der Waals surface area (Å²) >= 11 is 3.38. The summed E-state index contributed by atoms with van der Waals surface area (Å²) in [7, 11) is 1.30. The van der Waals surface area contributed by atoms with Gasteiger partial charge < -0.3 is 15.0 Å². The molecule has 4 aromatic rings. The van der Waals surface area contributed by atoms with Crippen LogP contribution in [0.2, 0.25) is 0 Å². The highest BCUT2D eigenvalue weighted by Crippen LogP contribution is 2.44. The maximum atomic E-state index is 13.7. The number of imidazole rings is 1. The molecule has 9 heteroatoms. The smallest absolute Gasteiger partial charge is 0.407 e. The molecular formula is C26H22BrN5O3. The van der Waals surface area contributed by atoms with E-state index < -0.39 is 12.1 Å². The molecular weight excluding hydrogens is 510 g/mol. The molecule has 35 heavy (non-hydrogen) atoms. The van der Waals surface area contributed by atoms with Crippen LogP contribution in [0.4, 0.5) is 10.5 Å². The Labute approximate surface area is 209 Å². The van der Waals surface area contributed by atoms with Crippen molar-refractivity contribution in [3.8, 4) is 11.1 Å². The van der Waals surface area contributed by atoms with Crippen LogP contribution in [0.1, 0.15) is 29.4 Å². The molecule has 2 aliphatic heterocycles. The molecule has 0 fully saturated rings. The Morgan fingerprint density at radius 3 is 2.80 bits per heavy atom. The van der Waals surface area contributed by atoms with Crippen LogP contribution in [0.25, 0.3) is 22.2 Å². The van der Waals surface area contributed by atoms with Crippen molar-refractivity contribution in [1.29, 1.82) is 0 Å². The molecule has 2 amide bonds. The number of aryl methyl sites for hydroxylation is 1. The molecule has 2 aliphatic rings. The standard InChI is InChI=1S/C26H22BrN5O3/c1-35-26(34)31-19-9-5-14-3-2-4-16-12-21(32(23(14)16)25(19)33)24-29-18-8-6-15(11-20(18)30-24)17-7-10-22(27)28-13-17/h2-4,6-8,10-11,13,19,21H,5,9,12H2,1H3,(H,29,30)(H,31,34)/t19-,21-/m0/s1. The first-order valence-corrected chi connectivity index (χ1v) is 12.2. The molecule has 2 aromatic heterocycles. The fraction of sp³-hybridized carbons (Fsp3) is 0.231. The Bertz CT molecular complexity index is 1470. The number of aromatic amines is 1. The normalized spacial score (nSPS) is 18.9. The Morgan fingerprint density at radius 1 is 1.17 bits per heavy atom. The van der Waals surface area contributed by atoms with Crippen molar-refractivity contribution >= 4 is 44.7 Å². The van der Waals surface area contributed by atoms with Crippen LogP contribution in [0, 0.1) is 0 Å². The average molecular weight is 532 g/mol. The van der Waals surface area contributed by atoms with Gasteiger partial charge in [0.05, 0.1) is 29.9 Å². The number of anilines is 1. The number of carbonyl (C=O) groups excluding carboxylic acids is 2. The van der Waals surface area contributed by atoms with Crippen LogP contribution in [-0.4, -0.2) is 40.1 Å². The lowest BCUT2D eigenvalue weighted by Gasteiger charge is -2.27. The predicted molar refractivity (Wildman–Crippen MR) is 135 cm³/mol. The highest BCUT2D eigenvalue weighted by atomic mass is 79.9. The third kappa shape index (κ3) is 3.76. The molecule has 2 atom stereocenters. The molecule has 0 radical (unpaired) electrons. The number of methoxy groups -OCH3 is 1. The number of halogens is 1. The lowest BCUT2D eigenvalue weighted by atomic mass is 10.0. The molecule has 2 N–H and O–H groups in total. The van der Waals surface area contributed by atoms with E-state index in [1.165, 1.54) is 7.11 Å². The number of fused-ring (bicyclic) bond motifs is 1. The number of nitrogens with one attached hydrogen (secondary N) is 2. The van der Waals surface area contributed by atoms with Crippen molar-refractivity contribution in [1.82, 2.24) is 20.3 Å². The number of pyridine rings is 1. The number of nitrogens with zero attached hydrogens (tertiary/aromatic N) is 3. The van der Waals surface area contributed by atoms with Crippen molar-refractivity contribution in [2.45, 2.75) is 31.3 Å². The quantitative estimate of drug-likeness (QED) is 0.373. The molecule has 8 nitrogen and oxygen atoms in total. The highest BCUT2D eigenvalue weighted by Gasteiger charge is 2.42. The van der Waals surface area contributed by atoms with Crippen LogP contribution < -0.4 is 10.2 Å². The summed E-state index contributed by atoms with van der Waals surface area (Å²) in [6.45, 7) is 0. The van der Waals surface area contributed by atoms with E-state index in [4.69, 9.17) is 9.72 Å². The van der Waals surface area contributed by atoms with Gasteiger partial charge in [-0.25, -0.2) is 14.8 Å². The van der Waals surface area contributed by atoms with Gasteiger partial charge in [-0.3, -0.25) is 9.69 Å². The number of rotatable bonds is 3. The molecule has 6 rings (SSSR count). The van der Waals surface area contributed by atoms with Crippen LogP contribution in [0.5, 0.6) is 0 Å². The number of alkyl carbamates (subject to hydrolysis) is 1. The van der Waals surface area contributed by atoms with E-state index in [9.17, 15) is 9.59 Å². The Kier molecular flexibility index (Phi) is 5.29. The minimum Gasteiger partial charge on any atom is -0.453 e. The monoisotopic (exact) mass is 531 g/mol. The van der Waals surface area contributed by atoms with Gasteiger partial charge in [-0.15, -0.1) is 0 Å². The Morgan fingerprint density at radius 2 is 2.00 bits per heavy atom. The van der Waals surface area contributed by atoms with E-state index >= 15 is 0 Å². The molecule has 0 spiro atoms. The lowest BCUT2D eigenvalue weighted by molar-refractivity contribution is -0.121. The molecule has 2 aromatic carbocycles. The van der Waals surface area contributed by atoms with E-state index in [-0.39, 0.29) is 11.9 Å². The van der Waals surface area contributed by atoms with Gasteiger partial charge in [-0.05, 0) is 63.7 Å². The van der Waals surface area contributed by atoms with E-state index in [2.05, 4.69) is 49.4 Å². The number of hydrogen-bond acceptors (Lipinski definition) is 5. The zero-order valence-electron chi connectivity index (χ0n) is 18.9. The van der Waals surface area contributed by atoms with E-state index in [1.54, 1.807) is 0 Å². The van der Waals surface area contributed by atoms with Crippen molar-refractivity contribution < 1.29 is 14.3 Å². The first-order valence-electron chi connectivity index (χ1n) is 11.4. The van der Waals surface area contributed by atoms with Gasteiger partial charge in [0, 0.05) is 18.2 Å². The van der Waals surface area contributed by atoms with Gasteiger partial charge in [0.2, 0.25) is 5.91 Å².